The molecule has 10 heteroatoms. The molecule has 0 aliphatic heterocycles. The van der Waals surface area contributed by atoms with E-state index in [1.807, 2.05) is 0 Å². The second kappa shape index (κ2) is 7.98. The predicted octanol–water partition coefficient (Wildman–Crippen LogP) is 1.18. The number of hydrogen-bond donors (Lipinski definition) is 2. The van der Waals surface area contributed by atoms with Gasteiger partial charge in [0.25, 0.3) is 11.4 Å². The van der Waals surface area contributed by atoms with E-state index in [4.69, 9.17) is 14.8 Å². The molecule has 0 atom stereocenters. The first-order valence-corrected chi connectivity index (χ1v) is 7.40. The van der Waals surface area contributed by atoms with Gasteiger partial charge >= 0.3 is 13.7 Å². The molecular weight excluding hydrogens is 289 g/mol. The topological polar surface area (TPSA) is 129 Å². The van der Waals surface area contributed by atoms with E-state index in [2.05, 4.69) is 15.3 Å². The number of carbonyl (C=O) groups excluding carboxylic acids is 2. The van der Waals surface area contributed by atoms with Crippen molar-refractivity contribution in [2.45, 2.75) is 39.9 Å². The first-order chi connectivity index (χ1) is 9.12. The summed E-state index contributed by atoms with van der Waals surface area (Å²) in [7, 11) is -2.81. The molecule has 0 saturated carbocycles. The van der Waals surface area contributed by atoms with E-state index in [0.29, 0.717) is 0 Å². The molecule has 0 aromatic heterocycles. The zero-order valence-electron chi connectivity index (χ0n) is 12.1. The highest BCUT2D eigenvalue weighted by Gasteiger charge is 2.39. The van der Waals surface area contributed by atoms with Gasteiger partial charge in [-0.15, -0.1) is 0 Å². The van der Waals surface area contributed by atoms with Crippen LogP contribution in [0.2, 0.25) is 0 Å². The van der Waals surface area contributed by atoms with Crippen molar-refractivity contribution in [1.29, 1.82) is 0 Å². The molecule has 0 radical (unpaired) electrons. The summed E-state index contributed by atoms with van der Waals surface area (Å²) < 4.78 is 22.8. The summed E-state index contributed by atoms with van der Waals surface area (Å²) in [5, 5.41) is 5.29. The minimum atomic E-state index is -4.09. The average Bonchev–Trinajstić information content (AvgIpc) is 2.25. The van der Waals surface area contributed by atoms with E-state index in [1.165, 1.54) is 7.05 Å². The van der Waals surface area contributed by atoms with Crippen molar-refractivity contribution in [2.24, 2.45) is 10.9 Å². The highest BCUT2D eigenvalue weighted by molar-refractivity contribution is 7.75. The molecule has 0 spiro atoms. The summed E-state index contributed by atoms with van der Waals surface area (Å²) in [6.45, 7) is 6.37. The molecule has 0 saturated heterocycles. The number of carbonyl (C=O) groups is 2. The van der Waals surface area contributed by atoms with Crippen LogP contribution in [0.25, 0.3) is 0 Å². The first-order valence-electron chi connectivity index (χ1n) is 5.86. The minimum Gasteiger partial charge on any atom is -0.364 e. The summed E-state index contributed by atoms with van der Waals surface area (Å²) in [6, 6.07) is 0. The number of oxime groups is 1. The largest absolute Gasteiger partial charge is 0.433 e. The van der Waals surface area contributed by atoms with E-state index in [1.54, 1.807) is 27.7 Å². The quantitative estimate of drug-likeness (QED) is 0.314. The predicted molar refractivity (Wildman–Crippen MR) is 72.2 cm³/mol. The van der Waals surface area contributed by atoms with Gasteiger partial charge in [-0.2, -0.15) is 0 Å². The number of hydrogen-bond acceptors (Lipinski definition) is 7. The van der Waals surface area contributed by atoms with E-state index in [-0.39, 0.29) is 0 Å². The van der Waals surface area contributed by atoms with Gasteiger partial charge in [0.05, 0.1) is 12.2 Å². The number of nitrogens with one attached hydrogen (secondary N) is 1. The third-order valence-electron chi connectivity index (χ3n) is 1.60. The highest BCUT2D eigenvalue weighted by Crippen LogP contribution is 2.52. The van der Waals surface area contributed by atoms with Crippen LogP contribution in [0, 0.1) is 0 Å². The highest BCUT2D eigenvalue weighted by atomic mass is 31.2. The molecule has 9 nitrogen and oxygen atoms in total. The summed E-state index contributed by atoms with van der Waals surface area (Å²) in [5.41, 5.74) is 4.31. The lowest BCUT2D eigenvalue weighted by Crippen LogP contribution is -2.28. The van der Waals surface area contributed by atoms with E-state index in [9.17, 15) is 14.2 Å². The summed E-state index contributed by atoms with van der Waals surface area (Å²) in [4.78, 5) is 26.6. The molecule has 0 bridgehead atoms. The molecule has 0 unspecified atom stereocenters. The summed E-state index contributed by atoms with van der Waals surface area (Å²) in [5.74, 6) is -1.17. The second-order valence-electron chi connectivity index (χ2n) is 4.21. The van der Waals surface area contributed by atoms with Crippen molar-refractivity contribution < 1.29 is 28.0 Å². The van der Waals surface area contributed by atoms with Crippen molar-refractivity contribution in [2.75, 3.05) is 7.05 Å². The van der Waals surface area contributed by atoms with Gasteiger partial charge in [0, 0.05) is 7.05 Å². The Balaban J connectivity index is 5.48. The fourth-order valence-corrected chi connectivity index (χ4v) is 2.81. The van der Waals surface area contributed by atoms with Gasteiger partial charge in [-0.1, -0.05) is 5.16 Å². The van der Waals surface area contributed by atoms with Crippen LogP contribution in [-0.4, -0.2) is 36.7 Å². The van der Waals surface area contributed by atoms with Gasteiger partial charge in [0.2, 0.25) is 0 Å². The van der Waals surface area contributed by atoms with Crippen LogP contribution in [0.1, 0.15) is 27.7 Å². The second-order valence-corrected chi connectivity index (χ2v) is 6.05. The Labute approximate surface area is 117 Å². The number of nitrogens with two attached hydrogens (primary N) is 1. The average molecular weight is 309 g/mol. The van der Waals surface area contributed by atoms with Crippen LogP contribution in [0.3, 0.4) is 0 Å². The minimum absolute atomic E-state index is 0.524. The van der Waals surface area contributed by atoms with E-state index in [0.717, 1.165) is 0 Å². The normalized spacial score (nSPS) is 12.7. The maximum Gasteiger partial charge on any atom is 0.433 e. The zero-order valence-corrected chi connectivity index (χ0v) is 13.0. The molecule has 0 aromatic rings. The van der Waals surface area contributed by atoms with Crippen molar-refractivity contribution in [3.05, 3.63) is 0 Å². The molecule has 0 fully saturated rings. The van der Waals surface area contributed by atoms with Crippen LogP contribution < -0.4 is 11.1 Å². The Bertz CT molecular complexity index is 421. The van der Waals surface area contributed by atoms with Crippen LogP contribution in [0.15, 0.2) is 5.16 Å². The molecule has 116 valence electrons. The maximum absolute atomic E-state index is 12.6. The summed E-state index contributed by atoms with van der Waals surface area (Å²) >= 11 is 0. The third kappa shape index (κ3) is 6.14. The van der Waals surface area contributed by atoms with E-state index >= 15 is 0 Å². The fourth-order valence-electron chi connectivity index (χ4n) is 1.04. The monoisotopic (exact) mass is 309 g/mol. The smallest absolute Gasteiger partial charge is 0.364 e. The molecule has 2 amide bonds. The molecule has 0 aliphatic carbocycles. The van der Waals surface area contributed by atoms with Crippen molar-refractivity contribution in [1.82, 2.24) is 5.32 Å². The van der Waals surface area contributed by atoms with Gasteiger partial charge in [-0.3, -0.25) is 14.2 Å². The molecule has 0 aromatic carbocycles. The zero-order chi connectivity index (χ0) is 15.9. The lowest BCUT2D eigenvalue weighted by molar-refractivity contribution is -0.111. The molecule has 0 heterocycles. The third-order valence-corrected chi connectivity index (χ3v) is 3.82. The Kier molecular flexibility index (Phi) is 7.41. The molecule has 20 heavy (non-hydrogen) atoms. The number of amides is 2. The lowest BCUT2D eigenvalue weighted by Gasteiger charge is -2.21. The van der Waals surface area contributed by atoms with Crippen molar-refractivity contribution in [3.63, 3.8) is 0 Å². The van der Waals surface area contributed by atoms with Crippen LogP contribution in [0.4, 0.5) is 4.79 Å². The molecular formula is C10H20N3O6P. The van der Waals surface area contributed by atoms with Gasteiger partial charge in [-0.05, 0) is 27.7 Å². The van der Waals surface area contributed by atoms with Gasteiger partial charge in [0.15, 0.2) is 0 Å². The van der Waals surface area contributed by atoms with Gasteiger partial charge < -0.3 is 20.1 Å². The lowest BCUT2D eigenvalue weighted by atomic mass is 10.5. The van der Waals surface area contributed by atoms with Crippen molar-refractivity contribution in [3.8, 4) is 0 Å². The van der Waals surface area contributed by atoms with Crippen LogP contribution in [0.5, 0.6) is 0 Å². The standard InChI is InChI=1S/C10H20N3O6P/c1-6(2)18-20(16,19-7(3)4)9(8(11)14)13-17-10(15)12-5/h6-7H,1-5H3,(H2,11,14)(H,12,15)/b13-9-. The SMILES string of the molecule is CNC(=O)O/N=C(/C(N)=O)P(=O)(OC(C)C)OC(C)C. The summed E-state index contributed by atoms with van der Waals surface area (Å²) in [6.07, 6.45) is -2.00. The van der Waals surface area contributed by atoms with E-state index < -0.39 is 37.3 Å². The maximum atomic E-state index is 12.6. The van der Waals surface area contributed by atoms with Gasteiger partial charge in [-0.25, -0.2) is 4.79 Å². The Morgan fingerprint density at radius 2 is 1.60 bits per heavy atom. The number of rotatable bonds is 7. The molecule has 0 rings (SSSR count). The van der Waals surface area contributed by atoms with Gasteiger partial charge in [0.1, 0.15) is 0 Å². The fraction of sp³-hybridized carbons (Fsp3) is 0.700. The van der Waals surface area contributed by atoms with Crippen LogP contribution in [-0.2, 0) is 23.2 Å². The van der Waals surface area contributed by atoms with Crippen LogP contribution >= 0.6 is 7.60 Å². The van der Waals surface area contributed by atoms with Crippen molar-refractivity contribution >= 4 is 25.0 Å². The Morgan fingerprint density at radius 3 is 1.90 bits per heavy atom. The first kappa shape index (κ1) is 18.6. The molecule has 3 N–H and O–H groups in total. The Morgan fingerprint density at radius 1 is 1.15 bits per heavy atom. The Hall–Kier alpha value is -1.44. The molecule has 0 aliphatic rings. The number of nitrogens with zero attached hydrogens (tertiary/aromatic N) is 1. The number of primary amides is 1.